The quantitative estimate of drug-likeness (QED) is 0.823. The molecule has 2 aromatic heterocycles. The van der Waals surface area contributed by atoms with Gasteiger partial charge in [-0.15, -0.1) is 0 Å². The normalized spacial score (nSPS) is 10.2. The van der Waals surface area contributed by atoms with Gasteiger partial charge in [0.15, 0.2) is 0 Å². The smallest absolute Gasteiger partial charge is 0.231 e. The number of rotatable bonds is 5. The van der Waals surface area contributed by atoms with Gasteiger partial charge in [0.2, 0.25) is 17.8 Å². The third kappa shape index (κ3) is 3.50. The van der Waals surface area contributed by atoms with Crippen molar-refractivity contribution in [3.8, 4) is 0 Å². The van der Waals surface area contributed by atoms with Crippen LogP contribution in [0.15, 0.2) is 12.4 Å². The van der Waals surface area contributed by atoms with Crippen molar-refractivity contribution < 1.29 is 0 Å². The summed E-state index contributed by atoms with van der Waals surface area (Å²) < 4.78 is 0. The van der Waals surface area contributed by atoms with Crippen LogP contribution in [0.2, 0.25) is 0 Å². The fourth-order valence-corrected chi connectivity index (χ4v) is 1.44. The van der Waals surface area contributed by atoms with E-state index in [0.717, 1.165) is 11.4 Å². The summed E-state index contributed by atoms with van der Waals surface area (Å²) in [4.78, 5) is 23.1. The average Bonchev–Trinajstić information content (AvgIpc) is 2.46. The van der Waals surface area contributed by atoms with Gasteiger partial charge < -0.3 is 15.5 Å². The van der Waals surface area contributed by atoms with Crippen molar-refractivity contribution in [1.29, 1.82) is 0 Å². The van der Waals surface area contributed by atoms with Gasteiger partial charge in [-0.1, -0.05) is 0 Å². The van der Waals surface area contributed by atoms with Gasteiger partial charge in [0.1, 0.15) is 0 Å². The molecule has 0 fully saturated rings. The van der Waals surface area contributed by atoms with Gasteiger partial charge in [-0.25, -0.2) is 0 Å². The lowest BCUT2D eigenvalue weighted by Gasteiger charge is -2.13. The second-order valence-corrected chi connectivity index (χ2v) is 4.43. The first-order chi connectivity index (χ1) is 9.58. The molecule has 0 aliphatic heterocycles. The van der Waals surface area contributed by atoms with E-state index in [1.165, 1.54) is 0 Å². The van der Waals surface area contributed by atoms with Crippen molar-refractivity contribution in [3.63, 3.8) is 0 Å². The summed E-state index contributed by atoms with van der Waals surface area (Å²) >= 11 is 0. The van der Waals surface area contributed by atoms with Crippen molar-refractivity contribution in [1.82, 2.24) is 24.9 Å². The summed E-state index contributed by atoms with van der Waals surface area (Å²) in [6.45, 7) is 2.41. The van der Waals surface area contributed by atoms with Crippen LogP contribution >= 0.6 is 0 Å². The lowest BCUT2D eigenvalue weighted by molar-refractivity contribution is 0.925. The first-order valence-electron chi connectivity index (χ1n) is 6.21. The molecule has 2 N–H and O–H groups in total. The molecule has 0 unspecified atom stereocenters. The third-order valence-electron chi connectivity index (χ3n) is 2.51. The van der Waals surface area contributed by atoms with Crippen LogP contribution in [0, 0.1) is 6.92 Å². The molecule has 0 spiro atoms. The van der Waals surface area contributed by atoms with Gasteiger partial charge in [0.05, 0.1) is 24.1 Å². The highest BCUT2D eigenvalue weighted by molar-refractivity contribution is 5.42. The van der Waals surface area contributed by atoms with Gasteiger partial charge >= 0.3 is 0 Å². The Morgan fingerprint density at radius 2 is 1.80 bits per heavy atom. The number of nitrogens with one attached hydrogen (secondary N) is 2. The van der Waals surface area contributed by atoms with E-state index < -0.39 is 0 Å². The molecule has 0 saturated carbocycles. The summed E-state index contributed by atoms with van der Waals surface area (Å²) in [6, 6.07) is 0. The van der Waals surface area contributed by atoms with Crippen LogP contribution in [-0.2, 0) is 6.54 Å². The van der Waals surface area contributed by atoms with E-state index in [2.05, 4.69) is 35.6 Å². The van der Waals surface area contributed by atoms with Crippen LogP contribution in [0.1, 0.15) is 11.4 Å². The van der Waals surface area contributed by atoms with E-state index in [0.29, 0.717) is 24.4 Å². The van der Waals surface area contributed by atoms with E-state index in [9.17, 15) is 0 Å². The number of aryl methyl sites for hydroxylation is 1. The van der Waals surface area contributed by atoms with Gasteiger partial charge in [-0.3, -0.25) is 9.97 Å². The second kappa shape index (κ2) is 6.09. The van der Waals surface area contributed by atoms with Crippen LogP contribution in [-0.4, -0.2) is 46.1 Å². The van der Waals surface area contributed by atoms with Crippen molar-refractivity contribution in [3.05, 3.63) is 23.8 Å². The zero-order valence-electron chi connectivity index (χ0n) is 12.0. The van der Waals surface area contributed by atoms with E-state index in [4.69, 9.17) is 0 Å². The highest BCUT2D eigenvalue weighted by Crippen LogP contribution is 2.11. The Bertz CT molecular complexity index is 566. The molecule has 8 nitrogen and oxygen atoms in total. The fraction of sp³-hybridized carbons (Fsp3) is 0.417. The summed E-state index contributed by atoms with van der Waals surface area (Å²) in [5, 5.41) is 6.03. The molecule has 0 amide bonds. The summed E-state index contributed by atoms with van der Waals surface area (Å²) in [5.41, 5.74) is 1.72. The van der Waals surface area contributed by atoms with Gasteiger partial charge in [-0.05, 0) is 6.92 Å². The van der Waals surface area contributed by atoms with Crippen molar-refractivity contribution >= 4 is 17.8 Å². The number of hydrogen-bond donors (Lipinski definition) is 2. The lowest BCUT2D eigenvalue weighted by Crippen LogP contribution is -2.16. The summed E-state index contributed by atoms with van der Waals surface area (Å²) in [5.74, 6) is 1.60. The zero-order chi connectivity index (χ0) is 14.5. The minimum atomic E-state index is 0.496. The van der Waals surface area contributed by atoms with Crippen LogP contribution in [0.3, 0.4) is 0 Å². The third-order valence-corrected chi connectivity index (χ3v) is 2.51. The summed E-state index contributed by atoms with van der Waals surface area (Å²) in [7, 11) is 5.53. The predicted octanol–water partition coefficient (Wildman–Crippen LogP) is 0.690. The lowest BCUT2D eigenvalue weighted by atomic mass is 10.4. The minimum Gasteiger partial charge on any atom is -0.357 e. The molecule has 0 saturated heterocycles. The predicted molar refractivity (Wildman–Crippen MR) is 77.8 cm³/mol. The molecule has 2 aromatic rings. The first kappa shape index (κ1) is 13.9. The number of anilines is 3. The molecular formula is C12H18N8. The monoisotopic (exact) mass is 274 g/mol. The molecule has 0 aliphatic carbocycles. The zero-order valence-corrected chi connectivity index (χ0v) is 12.0. The van der Waals surface area contributed by atoms with E-state index in [1.54, 1.807) is 19.4 Å². The maximum absolute atomic E-state index is 4.32. The molecule has 20 heavy (non-hydrogen) atoms. The Balaban J connectivity index is 2.12. The van der Waals surface area contributed by atoms with Crippen molar-refractivity contribution in [2.45, 2.75) is 13.5 Å². The van der Waals surface area contributed by atoms with Crippen LogP contribution in [0.5, 0.6) is 0 Å². The van der Waals surface area contributed by atoms with Gasteiger partial charge in [-0.2, -0.15) is 15.0 Å². The Morgan fingerprint density at radius 3 is 2.40 bits per heavy atom. The fourth-order valence-electron chi connectivity index (χ4n) is 1.44. The number of hydrogen-bond acceptors (Lipinski definition) is 8. The van der Waals surface area contributed by atoms with Crippen LogP contribution in [0.25, 0.3) is 0 Å². The number of nitrogens with zero attached hydrogens (tertiary/aromatic N) is 6. The van der Waals surface area contributed by atoms with Gasteiger partial charge in [0, 0.05) is 27.3 Å². The molecule has 0 aromatic carbocycles. The molecule has 0 aliphatic rings. The molecule has 106 valence electrons. The molecule has 0 bridgehead atoms. The Morgan fingerprint density at radius 1 is 1.05 bits per heavy atom. The SMILES string of the molecule is CNc1nc(NCc2cnc(C)cn2)nc(N(C)C)n1. The standard InChI is InChI=1S/C12H18N8/c1-8-5-15-9(6-14-8)7-16-11-17-10(13-2)18-12(19-11)20(3)4/h5-6H,7H2,1-4H3,(H2,13,16,17,18,19). The molecular weight excluding hydrogens is 256 g/mol. The van der Waals surface area contributed by atoms with Crippen LogP contribution < -0.4 is 15.5 Å². The molecule has 8 heteroatoms. The Kier molecular flexibility index (Phi) is 4.24. The van der Waals surface area contributed by atoms with Gasteiger partial charge in [0.25, 0.3) is 0 Å². The maximum atomic E-state index is 4.32. The van der Waals surface area contributed by atoms with E-state index in [1.807, 2.05) is 25.9 Å². The average molecular weight is 274 g/mol. The second-order valence-electron chi connectivity index (χ2n) is 4.43. The van der Waals surface area contributed by atoms with Crippen LogP contribution in [0.4, 0.5) is 17.8 Å². The van der Waals surface area contributed by atoms with Crippen molar-refractivity contribution in [2.24, 2.45) is 0 Å². The largest absolute Gasteiger partial charge is 0.357 e. The first-order valence-corrected chi connectivity index (χ1v) is 6.21. The minimum absolute atomic E-state index is 0.496. The Hall–Kier alpha value is -2.51. The topological polar surface area (TPSA) is 91.8 Å². The van der Waals surface area contributed by atoms with E-state index >= 15 is 0 Å². The molecule has 2 rings (SSSR count). The molecule has 2 heterocycles. The molecule has 0 atom stereocenters. The van der Waals surface area contributed by atoms with E-state index in [-0.39, 0.29) is 0 Å². The Labute approximate surface area is 117 Å². The maximum Gasteiger partial charge on any atom is 0.231 e. The van der Waals surface area contributed by atoms with Crippen molar-refractivity contribution in [2.75, 3.05) is 36.7 Å². The summed E-state index contributed by atoms with van der Waals surface area (Å²) in [6.07, 6.45) is 3.46. The number of aromatic nitrogens is 5. The highest BCUT2D eigenvalue weighted by atomic mass is 15.3. The highest BCUT2D eigenvalue weighted by Gasteiger charge is 2.07. The molecule has 0 radical (unpaired) electrons.